The number of ether oxygens (including phenoxy) is 1. The van der Waals surface area contributed by atoms with E-state index < -0.39 is 0 Å². The highest BCUT2D eigenvalue weighted by Gasteiger charge is 2.10. The smallest absolute Gasteiger partial charge is 0.234 e. The summed E-state index contributed by atoms with van der Waals surface area (Å²) in [5, 5.41) is 3.00. The van der Waals surface area contributed by atoms with Gasteiger partial charge in [-0.25, -0.2) is 0 Å². The monoisotopic (exact) mass is 340 g/mol. The van der Waals surface area contributed by atoms with Gasteiger partial charge in [0.25, 0.3) is 0 Å². The fourth-order valence-corrected chi connectivity index (χ4v) is 2.84. The van der Waals surface area contributed by atoms with Crippen LogP contribution < -0.4 is 10.1 Å². The van der Waals surface area contributed by atoms with Crippen LogP contribution in [0.5, 0.6) is 5.75 Å². The third-order valence-corrected chi connectivity index (χ3v) is 4.10. The van der Waals surface area contributed by atoms with Gasteiger partial charge in [0.15, 0.2) is 0 Å². The minimum Gasteiger partial charge on any atom is -0.496 e. The van der Waals surface area contributed by atoms with Gasteiger partial charge < -0.3 is 10.1 Å². The number of carbonyl (C=O) groups excluding carboxylic acids is 1. The van der Waals surface area contributed by atoms with Crippen molar-refractivity contribution >= 4 is 5.91 Å². The summed E-state index contributed by atoms with van der Waals surface area (Å²) in [6.07, 6.45) is 1.93. The molecule has 0 radical (unpaired) electrons. The standard InChI is InChI=1S/C21H28N2O2/c1-17-11-12-20(25-3)19(14-17)15-23(2)16-21(24)22-13-7-10-18-8-5-4-6-9-18/h4-6,8-9,11-12,14H,7,10,13,15-16H2,1-3H3,(H,22,24). The summed E-state index contributed by atoms with van der Waals surface area (Å²) in [5.41, 5.74) is 3.59. The second-order valence-corrected chi connectivity index (χ2v) is 6.43. The first-order valence-corrected chi connectivity index (χ1v) is 8.71. The quantitative estimate of drug-likeness (QED) is 0.713. The van der Waals surface area contributed by atoms with Crippen LogP contribution in [0.3, 0.4) is 0 Å². The molecule has 0 heterocycles. The van der Waals surface area contributed by atoms with E-state index in [1.165, 1.54) is 11.1 Å². The number of hydrogen-bond donors (Lipinski definition) is 1. The summed E-state index contributed by atoms with van der Waals surface area (Å²) in [6.45, 7) is 3.82. The zero-order valence-electron chi connectivity index (χ0n) is 15.4. The molecule has 0 saturated heterocycles. The maximum atomic E-state index is 12.1. The Kier molecular flexibility index (Phi) is 7.48. The van der Waals surface area contributed by atoms with Crippen LogP contribution >= 0.6 is 0 Å². The lowest BCUT2D eigenvalue weighted by Gasteiger charge is -2.18. The van der Waals surface area contributed by atoms with Gasteiger partial charge in [-0.15, -0.1) is 0 Å². The Morgan fingerprint density at radius 2 is 1.92 bits per heavy atom. The summed E-state index contributed by atoms with van der Waals surface area (Å²) in [6, 6.07) is 16.4. The molecule has 4 heteroatoms. The molecule has 0 bridgehead atoms. The number of rotatable bonds is 9. The zero-order chi connectivity index (χ0) is 18.1. The van der Waals surface area contributed by atoms with E-state index in [1.807, 2.05) is 42.3 Å². The number of amides is 1. The molecule has 134 valence electrons. The molecule has 0 aliphatic rings. The molecule has 0 spiro atoms. The normalized spacial score (nSPS) is 10.7. The van der Waals surface area contributed by atoms with Gasteiger partial charge in [-0.3, -0.25) is 9.69 Å². The minimum absolute atomic E-state index is 0.0576. The van der Waals surface area contributed by atoms with Crippen LogP contribution in [0.15, 0.2) is 48.5 Å². The van der Waals surface area contributed by atoms with Crippen LogP contribution in [0.25, 0.3) is 0 Å². The Morgan fingerprint density at radius 3 is 2.64 bits per heavy atom. The number of methoxy groups -OCH3 is 1. The Bertz CT molecular complexity index is 671. The van der Waals surface area contributed by atoms with E-state index >= 15 is 0 Å². The molecule has 1 amide bonds. The average Bonchev–Trinajstić information content (AvgIpc) is 2.60. The third-order valence-electron chi connectivity index (χ3n) is 4.10. The zero-order valence-corrected chi connectivity index (χ0v) is 15.4. The molecule has 2 rings (SSSR count). The average molecular weight is 340 g/mol. The molecule has 2 aromatic rings. The van der Waals surface area contributed by atoms with Crippen molar-refractivity contribution in [1.82, 2.24) is 10.2 Å². The van der Waals surface area contributed by atoms with Crippen molar-refractivity contribution in [2.24, 2.45) is 0 Å². The highest BCUT2D eigenvalue weighted by atomic mass is 16.5. The maximum Gasteiger partial charge on any atom is 0.234 e. The SMILES string of the molecule is COc1ccc(C)cc1CN(C)CC(=O)NCCCc1ccccc1. The first-order valence-electron chi connectivity index (χ1n) is 8.71. The highest BCUT2D eigenvalue weighted by molar-refractivity contribution is 5.77. The van der Waals surface area contributed by atoms with Crippen LogP contribution in [-0.4, -0.2) is 38.1 Å². The van der Waals surface area contributed by atoms with Gasteiger partial charge in [0, 0.05) is 18.7 Å². The van der Waals surface area contributed by atoms with E-state index in [0.29, 0.717) is 19.6 Å². The number of hydrogen-bond acceptors (Lipinski definition) is 3. The van der Waals surface area contributed by atoms with Crippen molar-refractivity contribution in [1.29, 1.82) is 0 Å². The van der Waals surface area contributed by atoms with Crippen molar-refractivity contribution in [2.45, 2.75) is 26.3 Å². The Balaban J connectivity index is 1.72. The van der Waals surface area contributed by atoms with Gasteiger partial charge in [-0.05, 0) is 38.4 Å². The molecule has 0 saturated carbocycles. The summed E-state index contributed by atoms with van der Waals surface area (Å²) < 4.78 is 5.40. The molecule has 0 aliphatic heterocycles. The molecule has 0 fully saturated rings. The third kappa shape index (κ3) is 6.59. The summed E-state index contributed by atoms with van der Waals surface area (Å²) >= 11 is 0. The van der Waals surface area contributed by atoms with Crippen LogP contribution in [0.4, 0.5) is 0 Å². The Morgan fingerprint density at radius 1 is 1.16 bits per heavy atom. The lowest BCUT2D eigenvalue weighted by atomic mass is 10.1. The van der Waals surface area contributed by atoms with Crippen molar-refractivity contribution in [3.63, 3.8) is 0 Å². The van der Waals surface area contributed by atoms with Gasteiger partial charge in [0.05, 0.1) is 13.7 Å². The molecule has 4 nitrogen and oxygen atoms in total. The van der Waals surface area contributed by atoms with Crippen LogP contribution in [0, 0.1) is 6.92 Å². The molecule has 2 aromatic carbocycles. The minimum atomic E-state index is 0.0576. The fraction of sp³-hybridized carbons (Fsp3) is 0.381. The largest absolute Gasteiger partial charge is 0.496 e. The fourth-order valence-electron chi connectivity index (χ4n) is 2.84. The molecule has 0 atom stereocenters. The molecular weight excluding hydrogens is 312 g/mol. The summed E-state index contributed by atoms with van der Waals surface area (Å²) in [7, 11) is 3.62. The van der Waals surface area contributed by atoms with Gasteiger partial charge >= 0.3 is 0 Å². The molecular formula is C21H28N2O2. The van der Waals surface area contributed by atoms with Crippen molar-refractivity contribution in [3.8, 4) is 5.75 Å². The van der Waals surface area contributed by atoms with Crippen LogP contribution in [0.2, 0.25) is 0 Å². The van der Waals surface area contributed by atoms with Crippen LogP contribution in [0.1, 0.15) is 23.1 Å². The predicted octanol–water partition coefficient (Wildman–Crippen LogP) is 3.18. The topological polar surface area (TPSA) is 41.6 Å². The van der Waals surface area contributed by atoms with Crippen molar-refractivity contribution < 1.29 is 9.53 Å². The molecule has 0 aromatic heterocycles. The number of likely N-dealkylation sites (N-methyl/N-ethyl adjacent to an activating group) is 1. The van der Waals surface area contributed by atoms with Crippen molar-refractivity contribution in [3.05, 3.63) is 65.2 Å². The van der Waals surface area contributed by atoms with Crippen LogP contribution in [-0.2, 0) is 17.8 Å². The number of carbonyl (C=O) groups is 1. The number of aryl methyl sites for hydroxylation is 2. The highest BCUT2D eigenvalue weighted by Crippen LogP contribution is 2.20. The van der Waals surface area contributed by atoms with E-state index in [9.17, 15) is 4.79 Å². The first-order chi connectivity index (χ1) is 12.1. The van der Waals surface area contributed by atoms with E-state index in [1.54, 1.807) is 7.11 Å². The Labute approximate surface area is 150 Å². The second kappa shape index (κ2) is 9.84. The van der Waals surface area contributed by atoms with Gasteiger partial charge in [-0.2, -0.15) is 0 Å². The summed E-state index contributed by atoms with van der Waals surface area (Å²) in [4.78, 5) is 14.1. The second-order valence-electron chi connectivity index (χ2n) is 6.43. The maximum absolute atomic E-state index is 12.1. The summed E-state index contributed by atoms with van der Waals surface area (Å²) in [5.74, 6) is 0.919. The number of nitrogens with one attached hydrogen (secondary N) is 1. The lowest BCUT2D eigenvalue weighted by molar-refractivity contribution is -0.122. The van der Waals surface area contributed by atoms with E-state index in [-0.39, 0.29) is 5.91 Å². The lowest BCUT2D eigenvalue weighted by Crippen LogP contribution is -2.35. The number of nitrogens with zero attached hydrogens (tertiary/aromatic N) is 1. The van der Waals surface area contributed by atoms with E-state index in [4.69, 9.17) is 4.74 Å². The first kappa shape index (κ1) is 19.0. The molecule has 1 N–H and O–H groups in total. The van der Waals surface area contributed by atoms with Crippen molar-refractivity contribution in [2.75, 3.05) is 27.2 Å². The van der Waals surface area contributed by atoms with E-state index in [2.05, 4.69) is 30.4 Å². The number of benzene rings is 2. The predicted molar refractivity (Wildman–Crippen MR) is 102 cm³/mol. The van der Waals surface area contributed by atoms with Gasteiger partial charge in [0.2, 0.25) is 5.91 Å². The molecule has 0 unspecified atom stereocenters. The van der Waals surface area contributed by atoms with Gasteiger partial charge in [-0.1, -0.05) is 48.0 Å². The van der Waals surface area contributed by atoms with Gasteiger partial charge in [0.1, 0.15) is 5.75 Å². The molecule has 0 aliphatic carbocycles. The van der Waals surface area contributed by atoms with E-state index in [0.717, 1.165) is 24.2 Å². The Hall–Kier alpha value is -2.33. The molecule has 25 heavy (non-hydrogen) atoms.